The zero-order valence-electron chi connectivity index (χ0n) is 9.48. The molecule has 19 heavy (non-hydrogen) atoms. The van der Waals surface area contributed by atoms with Gasteiger partial charge >= 0.3 is 6.18 Å². The molecular formula is C13H8F3NO2. The Hall–Kier alpha value is -2.37. The number of alkyl halides is 3. The molecule has 0 aliphatic carbocycles. The Balaban J connectivity index is 2.38. The van der Waals surface area contributed by atoms with E-state index in [1.807, 2.05) is 0 Å². The van der Waals surface area contributed by atoms with Gasteiger partial charge in [-0.15, -0.1) is 0 Å². The summed E-state index contributed by atoms with van der Waals surface area (Å²) in [6.07, 6.45) is -1.88. The first-order chi connectivity index (χ1) is 8.89. The van der Waals surface area contributed by atoms with Crippen molar-refractivity contribution in [2.75, 3.05) is 0 Å². The number of ketones is 1. The number of phenolic OH excluding ortho intramolecular Hbond substituents is 1. The first-order valence-electron chi connectivity index (χ1n) is 5.24. The van der Waals surface area contributed by atoms with Crippen LogP contribution in [0.4, 0.5) is 13.2 Å². The lowest BCUT2D eigenvalue weighted by atomic mass is 10.0. The molecule has 1 aromatic heterocycles. The van der Waals surface area contributed by atoms with Crippen LogP contribution >= 0.6 is 0 Å². The van der Waals surface area contributed by atoms with Crippen molar-refractivity contribution in [3.63, 3.8) is 0 Å². The van der Waals surface area contributed by atoms with Crippen molar-refractivity contribution in [1.29, 1.82) is 0 Å². The van der Waals surface area contributed by atoms with Crippen molar-refractivity contribution in [3.8, 4) is 5.75 Å². The number of hydrogen-bond donors (Lipinski definition) is 1. The minimum Gasteiger partial charge on any atom is -0.507 e. The molecule has 0 saturated carbocycles. The van der Waals surface area contributed by atoms with Gasteiger partial charge in [0.25, 0.3) is 0 Å². The SMILES string of the molecule is O=C(c1cccnc1)c1ccc(C(F)(F)F)c(O)c1. The van der Waals surface area contributed by atoms with Crippen LogP contribution in [0.3, 0.4) is 0 Å². The Kier molecular flexibility index (Phi) is 3.25. The largest absolute Gasteiger partial charge is 0.507 e. The summed E-state index contributed by atoms with van der Waals surface area (Å²) in [6, 6.07) is 5.54. The summed E-state index contributed by atoms with van der Waals surface area (Å²) in [5, 5.41) is 9.33. The molecule has 0 atom stereocenters. The van der Waals surface area contributed by atoms with Gasteiger partial charge in [-0.05, 0) is 24.3 Å². The molecule has 1 heterocycles. The van der Waals surface area contributed by atoms with E-state index in [9.17, 15) is 23.1 Å². The molecule has 3 nitrogen and oxygen atoms in total. The molecule has 2 rings (SSSR count). The first kappa shape index (κ1) is 13.1. The number of carbonyl (C=O) groups excluding carboxylic acids is 1. The molecule has 1 N–H and O–H groups in total. The Morgan fingerprint density at radius 3 is 2.42 bits per heavy atom. The predicted molar refractivity (Wildman–Crippen MR) is 60.8 cm³/mol. The second-order valence-corrected chi connectivity index (χ2v) is 3.80. The van der Waals surface area contributed by atoms with Crippen LogP contribution in [0.5, 0.6) is 5.75 Å². The van der Waals surface area contributed by atoms with Gasteiger partial charge in [0.1, 0.15) is 5.75 Å². The van der Waals surface area contributed by atoms with Crippen LogP contribution in [-0.2, 0) is 6.18 Å². The molecule has 0 spiro atoms. The lowest BCUT2D eigenvalue weighted by molar-refractivity contribution is -0.138. The first-order valence-corrected chi connectivity index (χ1v) is 5.24. The van der Waals surface area contributed by atoms with E-state index in [0.29, 0.717) is 6.07 Å². The number of pyridine rings is 1. The zero-order valence-corrected chi connectivity index (χ0v) is 9.48. The number of aromatic nitrogens is 1. The van der Waals surface area contributed by atoms with E-state index in [1.54, 1.807) is 0 Å². The van der Waals surface area contributed by atoms with E-state index < -0.39 is 23.3 Å². The molecule has 0 aliphatic heterocycles. The second-order valence-electron chi connectivity index (χ2n) is 3.80. The average Bonchev–Trinajstić information content (AvgIpc) is 2.37. The third kappa shape index (κ3) is 2.73. The second kappa shape index (κ2) is 4.72. The summed E-state index contributed by atoms with van der Waals surface area (Å²) >= 11 is 0. The van der Waals surface area contributed by atoms with Crippen LogP contribution < -0.4 is 0 Å². The van der Waals surface area contributed by atoms with Gasteiger partial charge in [-0.25, -0.2) is 0 Å². The number of carbonyl (C=O) groups is 1. The molecule has 2 aromatic rings. The minimum atomic E-state index is -4.65. The Morgan fingerprint density at radius 1 is 1.16 bits per heavy atom. The normalized spacial score (nSPS) is 11.3. The van der Waals surface area contributed by atoms with Crippen LogP contribution in [0.1, 0.15) is 21.5 Å². The summed E-state index contributed by atoms with van der Waals surface area (Å²) in [6.45, 7) is 0. The maximum Gasteiger partial charge on any atom is 0.419 e. The molecular weight excluding hydrogens is 259 g/mol. The highest BCUT2D eigenvalue weighted by Gasteiger charge is 2.34. The minimum absolute atomic E-state index is 0.0292. The lowest BCUT2D eigenvalue weighted by Gasteiger charge is -2.09. The summed E-state index contributed by atoms with van der Waals surface area (Å²) in [4.78, 5) is 15.7. The van der Waals surface area contributed by atoms with Gasteiger partial charge in [0.2, 0.25) is 0 Å². The van der Waals surface area contributed by atoms with Gasteiger partial charge in [-0.2, -0.15) is 13.2 Å². The van der Waals surface area contributed by atoms with Crippen LogP contribution in [0, 0.1) is 0 Å². The molecule has 0 bridgehead atoms. The maximum atomic E-state index is 12.4. The summed E-state index contributed by atoms with van der Waals surface area (Å²) in [5.41, 5.74) is -0.963. The third-order valence-electron chi connectivity index (χ3n) is 2.49. The highest BCUT2D eigenvalue weighted by Crippen LogP contribution is 2.36. The molecule has 6 heteroatoms. The van der Waals surface area contributed by atoms with Gasteiger partial charge < -0.3 is 5.11 Å². The molecule has 0 saturated heterocycles. The fourth-order valence-electron chi connectivity index (χ4n) is 1.58. The van der Waals surface area contributed by atoms with Gasteiger partial charge in [-0.3, -0.25) is 9.78 Å². The van der Waals surface area contributed by atoms with Crippen LogP contribution in [0.2, 0.25) is 0 Å². The van der Waals surface area contributed by atoms with Gasteiger partial charge in [0, 0.05) is 23.5 Å². The highest BCUT2D eigenvalue weighted by atomic mass is 19.4. The van der Waals surface area contributed by atoms with E-state index in [4.69, 9.17) is 0 Å². The number of phenols is 1. The zero-order chi connectivity index (χ0) is 14.0. The van der Waals surface area contributed by atoms with Gasteiger partial charge in [0.15, 0.2) is 5.78 Å². The van der Waals surface area contributed by atoms with E-state index >= 15 is 0 Å². The highest BCUT2D eigenvalue weighted by molar-refractivity contribution is 6.09. The van der Waals surface area contributed by atoms with Crippen molar-refractivity contribution in [2.24, 2.45) is 0 Å². The van der Waals surface area contributed by atoms with Crippen molar-refractivity contribution in [2.45, 2.75) is 6.18 Å². The smallest absolute Gasteiger partial charge is 0.419 e. The molecule has 0 fully saturated rings. The molecule has 0 radical (unpaired) electrons. The Morgan fingerprint density at radius 2 is 1.89 bits per heavy atom. The number of halogens is 3. The maximum absolute atomic E-state index is 12.4. The van der Waals surface area contributed by atoms with Crippen molar-refractivity contribution in [1.82, 2.24) is 4.98 Å². The average molecular weight is 267 g/mol. The monoisotopic (exact) mass is 267 g/mol. The summed E-state index contributed by atoms with van der Waals surface area (Å²) in [7, 11) is 0. The summed E-state index contributed by atoms with van der Waals surface area (Å²) < 4.78 is 37.3. The van der Waals surface area contributed by atoms with Crippen molar-refractivity contribution in [3.05, 3.63) is 59.4 Å². The molecule has 0 unspecified atom stereocenters. The molecule has 1 aromatic carbocycles. The number of hydrogen-bond acceptors (Lipinski definition) is 3. The van der Waals surface area contributed by atoms with E-state index in [1.165, 1.54) is 24.5 Å². The van der Waals surface area contributed by atoms with Crippen LogP contribution in [0.25, 0.3) is 0 Å². The third-order valence-corrected chi connectivity index (χ3v) is 2.49. The van der Waals surface area contributed by atoms with E-state index in [2.05, 4.69) is 4.98 Å². The molecule has 0 amide bonds. The predicted octanol–water partition coefficient (Wildman–Crippen LogP) is 3.04. The fourth-order valence-corrected chi connectivity index (χ4v) is 1.58. The van der Waals surface area contributed by atoms with Crippen LogP contribution in [-0.4, -0.2) is 15.9 Å². The lowest BCUT2D eigenvalue weighted by Crippen LogP contribution is -2.07. The van der Waals surface area contributed by atoms with E-state index in [-0.39, 0.29) is 11.1 Å². The van der Waals surface area contributed by atoms with Crippen LogP contribution in [0.15, 0.2) is 42.7 Å². The van der Waals surface area contributed by atoms with Gasteiger partial charge in [-0.1, -0.05) is 6.07 Å². The quantitative estimate of drug-likeness (QED) is 0.851. The topological polar surface area (TPSA) is 50.2 Å². The fraction of sp³-hybridized carbons (Fsp3) is 0.0769. The number of nitrogens with zero attached hydrogens (tertiary/aromatic N) is 1. The van der Waals surface area contributed by atoms with Crippen molar-refractivity contribution >= 4 is 5.78 Å². The molecule has 0 aliphatic rings. The molecule has 98 valence electrons. The Bertz CT molecular complexity index is 609. The number of rotatable bonds is 2. The van der Waals surface area contributed by atoms with Gasteiger partial charge in [0.05, 0.1) is 5.56 Å². The Labute approximate surface area is 106 Å². The number of benzene rings is 1. The number of aromatic hydroxyl groups is 1. The van der Waals surface area contributed by atoms with Crippen molar-refractivity contribution < 1.29 is 23.1 Å². The summed E-state index contributed by atoms with van der Waals surface area (Å²) in [5.74, 6) is -1.47. The van der Waals surface area contributed by atoms with E-state index in [0.717, 1.165) is 12.1 Å². The standard InChI is InChI=1S/C13H8F3NO2/c14-13(15,16)10-4-3-8(6-11(10)18)12(19)9-2-1-5-17-7-9/h1-7,18H.